The highest BCUT2D eigenvalue weighted by atomic mass is 16.5. The molecule has 29 heavy (non-hydrogen) atoms. The van der Waals surface area contributed by atoms with Crippen LogP contribution in [0.2, 0.25) is 0 Å². The molecule has 0 saturated carbocycles. The van der Waals surface area contributed by atoms with E-state index in [0.29, 0.717) is 17.0 Å². The highest BCUT2D eigenvalue weighted by Gasteiger charge is 2.19. The number of rotatable bonds is 8. The predicted molar refractivity (Wildman–Crippen MR) is 104 cm³/mol. The maximum atomic E-state index is 12.2. The molecule has 1 atom stereocenters. The van der Waals surface area contributed by atoms with E-state index in [-0.39, 0.29) is 5.56 Å². The Bertz CT molecular complexity index is 911. The van der Waals surface area contributed by atoms with Gasteiger partial charge in [0.2, 0.25) is 5.91 Å². The van der Waals surface area contributed by atoms with Gasteiger partial charge in [0.15, 0.2) is 6.10 Å². The Hall–Kier alpha value is -3.88. The molecule has 0 fully saturated rings. The minimum Gasteiger partial charge on any atom is -0.496 e. The van der Waals surface area contributed by atoms with Gasteiger partial charge in [0.25, 0.3) is 11.8 Å². The minimum atomic E-state index is -1.10. The molecule has 0 heterocycles. The van der Waals surface area contributed by atoms with Crippen molar-refractivity contribution < 1.29 is 28.7 Å². The van der Waals surface area contributed by atoms with Gasteiger partial charge in [0.05, 0.1) is 12.7 Å². The number of carbonyl (C=O) groups excluding carboxylic acids is 4. The molecule has 0 aliphatic rings. The molecule has 2 aromatic carbocycles. The summed E-state index contributed by atoms with van der Waals surface area (Å²) in [5.74, 6) is -2.07. The molecule has 0 aromatic heterocycles. The van der Waals surface area contributed by atoms with Gasteiger partial charge in [-0.05, 0) is 43.3 Å². The summed E-state index contributed by atoms with van der Waals surface area (Å²) in [7, 11) is 1.43. The first-order valence-corrected chi connectivity index (χ1v) is 8.63. The first-order valence-electron chi connectivity index (χ1n) is 8.63. The largest absolute Gasteiger partial charge is 0.496 e. The SMILES string of the molecule is COc1ccccc1C(=O)NCC(=O)OC(C)C(=O)Nc1ccc(C(N)=O)cc1. The van der Waals surface area contributed by atoms with Gasteiger partial charge in [-0.3, -0.25) is 19.2 Å². The molecule has 1 unspecified atom stereocenters. The third kappa shape index (κ3) is 6.06. The van der Waals surface area contributed by atoms with Gasteiger partial charge in [-0.2, -0.15) is 0 Å². The number of nitrogens with two attached hydrogens (primary N) is 1. The number of amides is 3. The van der Waals surface area contributed by atoms with E-state index in [1.165, 1.54) is 38.3 Å². The molecule has 4 N–H and O–H groups in total. The van der Waals surface area contributed by atoms with Crippen LogP contribution in [-0.4, -0.2) is 43.4 Å². The molecule has 2 rings (SSSR count). The highest BCUT2D eigenvalue weighted by molar-refractivity contribution is 5.99. The summed E-state index contributed by atoms with van der Waals surface area (Å²) < 4.78 is 10.1. The lowest BCUT2D eigenvalue weighted by Gasteiger charge is -2.14. The molecule has 152 valence electrons. The lowest BCUT2D eigenvalue weighted by atomic mass is 10.2. The second-order valence-corrected chi connectivity index (χ2v) is 5.95. The quantitative estimate of drug-likeness (QED) is 0.569. The van der Waals surface area contributed by atoms with Crippen LogP contribution in [0, 0.1) is 0 Å². The van der Waals surface area contributed by atoms with Crippen LogP contribution < -0.4 is 21.1 Å². The van der Waals surface area contributed by atoms with Gasteiger partial charge >= 0.3 is 5.97 Å². The summed E-state index contributed by atoms with van der Waals surface area (Å²) in [5.41, 5.74) is 6.13. The Morgan fingerprint density at radius 3 is 2.31 bits per heavy atom. The number of esters is 1. The average Bonchev–Trinajstić information content (AvgIpc) is 2.72. The van der Waals surface area contributed by atoms with Crippen molar-refractivity contribution in [1.82, 2.24) is 5.32 Å². The third-order valence-electron chi connectivity index (χ3n) is 3.86. The minimum absolute atomic E-state index is 0.271. The monoisotopic (exact) mass is 399 g/mol. The van der Waals surface area contributed by atoms with Crippen molar-refractivity contribution in [2.45, 2.75) is 13.0 Å². The fourth-order valence-corrected chi connectivity index (χ4v) is 2.33. The van der Waals surface area contributed by atoms with Crippen LogP contribution in [0.3, 0.4) is 0 Å². The van der Waals surface area contributed by atoms with Crippen LogP contribution in [0.4, 0.5) is 5.69 Å². The van der Waals surface area contributed by atoms with E-state index < -0.39 is 36.3 Å². The molecule has 0 radical (unpaired) electrons. The number of primary amides is 1. The van der Waals surface area contributed by atoms with Crippen LogP contribution in [0.5, 0.6) is 5.75 Å². The fourth-order valence-electron chi connectivity index (χ4n) is 2.33. The van der Waals surface area contributed by atoms with Gasteiger partial charge in [0.1, 0.15) is 12.3 Å². The van der Waals surface area contributed by atoms with E-state index in [4.69, 9.17) is 15.2 Å². The summed E-state index contributed by atoms with van der Waals surface area (Å²) in [6, 6.07) is 12.5. The maximum absolute atomic E-state index is 12.2. The van der Waals surface area contributed by atoms with Crippen molar-refractivity contribution in [3.63, 3.8) is 0 Å². The number of hydrogen-bond donors (Lipinski definition) is 3. The lowest BCUT2D eigenvalue weighted by Crippen LogP contribution is -2.36. The third-order valence-corrected chi connectivity index (χ3v) is 3.86. The predicted octanol–water partition coefficient (Wildman–Crippen LogP) is 1.09. The Morgan fingerprint density at radius 1 is 1.03 bits per heavy atom. The van der Waals surface area contributed by atoms with Crippen molar-refractivity contribution >= 4 is 29.4 Å². The number of benzene rings is 2. The maximum Gasteiger partial charge on any atom is 0.326 e. The topological polar surface area (TPSA) is 137 Å². The molecule has 0 spiro atoms. The van der Waals surface area contributed by atoms with Gasteiger partial charge in [-0.15, -0.1) is 0 Å². The first kappa shape index (κ1) is 21.4. The van der Waals surface area contributed by atoms with Crippen molar-refractivity contribution in [1.29, 1.82) is 0 Å². The molecule has 3 amide bonds. The standard InChI is InChI=1S/C20H21N3O6/c1-12(19(26)23-14-9-7-13(8-10-14)18(21)25)29-17(24)11-22-20(27)15-5-3-4-6-16(15)28-2/h3-10,12H,11H2,1-2H3,(H2,21,25)(H,22,27)(H,23,26). The van der Waals surface area contributed by atoms with E-state index in [9.17, 15) is 19.2 Å². The summed E-state index contributed by atoms with van der Waals surface area (Å²) in [6.07, 6.45) is -1.10. The summed E-state index contributed by atoms with van der Waals surface area (Å²) >= 11 is 0. The number of anilines is 1. The van der Waals surface area contributed by atoms with Crippen molar-refractivity contribution in [3.8, 4) is 5.75 Å². The Labute approximate surface area is 167 Å². The van der Waals surface area contributed by atoms with Crippen LogP contribution in [-0.2, 0) is 14.3 Å². The number of carbonyl (C=O) groups is 4. The van der Waals surface area contributed by atoms with Gasteiger partial charge < -0.3 is 25.8 Å². The number of hydrogen-bond acceptors (Lipinski definition) is 6. The zero-order valence-electron chi connectivity index (χ0n) is 15.9. The van der Waals surface area contributed by atoms with Gasteiger partial charge in [0, 0.05) is 11.3 Å². The van der Waals surface area contributed by atoms with Gasteiger partial charge in [-0.25, -0.2) is 0 Å². The molecular weight excluding hydrogens is 378 g/mol. The molecule has 0 saturated heterocycles. The zero-order chi connectivity index (χ0) is 21.4. The average molecular weight is 399 g/mol. The van der Waals surface area contributed by atoms with Crippen molar-refractivity contribution in [2.24, 2.45) is 5.73 Å². The highest BCUT2D eigenvalue weighted by Crippen LogP contribution is 2.16. The number of para-hydroxylation sites is 1. The van der Waals surface area contributed by atoms with E-state index in [0.717, 1.165) is 0 Å². The molecule has 0 bridgehead atoms. The molecule has 9 nitrogen and oxygen atoms in total. The molecule has 0 aliphatic carbocycles. The number of nitrogens with one attached hydrogen (secondary N) is 2. The first-order chi connectivity index (χ1) is 13.8. The van der Waals surface area contributed by atoms with Crippen LogP contribution >= 0.6 is 0 Å². The van der Waals surface area contributed by atoms with E-state index in [2.05, 4.69) is 10.6 Å². The van der Waals surface area contributed by atoms with E-state index >= 15 is 0 Å². The fraction of sp³-hybridized carbons (Fsp3) is 0.200. The summed E-state index contributed by atoms with van der Waals surface area (Å²) in [6.45, 7) is 0.981. The zero-order valence-corrected chi connectivity index (χ0v) is 15.9. The normalized spacial score (nSPS) is 11.1. The van der Waals surface area contributed by atoms with E-state index in [1.807, 2.05) is 0 Å². The number of methoxy groups -OCH3 is 1. The molecule has 9 heteroatoms. The van der Waals surface area contributed by atoms with Crippen molar-refractivity contribution in [2.75, 3.05) is 19.0 Å². The molecule has 2 aromatic rings. The second kappa shape index (κ2) is 9.88. The molecule has 0 aliphatic heterocycles. The Kier molecular flexibility index (Phi) is 7.30. The van der Waals surface area contributed by atoms with Crippen molar-refractivity contribution in [3.05, 3.63) is 59.7 Å². The number of ether oxygens (including phenoxy) is 2. The van der Waals surface area contributed by atoms with Crippen LogP contribution in [0.1, 0.15) is 27.6 Å². The van der Waals surface area contributed by atoms with Gasteiger partial charge in [-0.1, -0.05) is 12.1 Å². The Morgan fingerprint density at radius 2 is 1.69 bits per heavy atom. The lowest BCUT2D eigenvalue weighted by molar-refractivity contribution is -0.152. The van der Waals surface area contributed by atoms with E-state index in [1.54, 1.807) is 24.3 Å². The smallest absolute Gasteiger partial charge is 0.326 e. The summed E-state index contributed by atoms with van der Waals surface area (Å²) in [5, 5.41) is 4.96. The van der Waals surface area contributed by atoms with Crippen LogP contribution in [0.15, 0.2) is 48.5 Å². The summed E-state index contributed by atoms with van der Waals surface area (Å²) in [4.78, 5) is 47.2. The second-order valence-electron chi connectivity index (χ2n) is 5.95. The molecular formula is C20H21N3O6. The Balaban J connectivity index is 1.84. The van der Waals surface area contributed by atoms with Crippen LogP contribution in [0.25, 0.3) is 0 Å².